The average molecular weight is 317 g/mol. The largest absolute Gasteiger partial charge is 0.456 e. The summed E-state index contributed by atoms with van der Waals surface area (Å²) in [6, 6.07) is 19.4. The van der Waals surface area contributed by atoms with Gasteiger partial charge in [0.15, 0.2) is 0 Å². The first kappa shape index (κ1) is 15.2. The van der Waals surface area contributed by atoms with Gasteiger partial charge in [0.1, 0.15) is 11.3 Å². The molecule has 0 saturated heterocycles. The summed E-state index contributed by atoms with van der Waals surface area (Å²) in [7, 11) is 0. The molecule has 122 valence electrons. The first-order chi connectivity index (χ1) is 11.8. The first-order valence-electron chi connectivity index (χ1n) is 8.99. The number of fused-ring (bicyclic) bond motifs is 1. The van der Waals surface area contributed by atoms with Crippen LogP contribution in [0.25, 0.3) is 22.3 Å². The van der Waals surface area contributed by atoms with E-state index in [9.17, 15) is 0 Å². The highest BCUT2D eigenvalue weighted by molar-refractivity contribution is 5.79. The van der Waals surface area contributed by atoms with Crippen LogP contribution in [0.3, 0.4) is 0 Å². The Balaban J connectivity index is 1.94. The molecule has 1 aliphatic carbocycles. The third-order valence-electron chi connectivity index (χ3n) is 4.92. The van der Waals surface area contributed by atoms with Gasteiger partial charge in [0.2, 0.25) is 0 Å². The van der Waals surface area contributed by atoms with Gasteiger partial charge in [-0.1, -0.05) is 56.2 Å². The Morgan fingerprint density at radius 1 is 1.00 bits per heavy atom. The van der Waals surface area contributed by atoms with Crippen LogP contribution < -0.4 is 5.36 Å². The Bertz CT molecular complexity index is 902. The van der Waals surface area contributed by atoms with Gasteiger partial charge in [-0.05, 0) is 37.0 Å². The van der Waals surface area contributed by atoms with Crippen molar-refractivity contribution in [2.24, 2.45) is 4.99 Å². The Hall–Kier alpha value is -2.35. The molecule has 2 aromatic carbocycles. The fraction of sp³-hybridized carbons (Fsp3) is 0.318. The summed E-state index contributed by atoms with van der Waals surface area (Å²) in [5.41, 5.74) is 3.35. The van der Waals surface area contributed by atoms with E-state index >= 15 is 0 Å². The predicted octanol–water partition coefficient (Wildman–Crippen LogP) is 5.51. The lowest BCUT2D eigenvalue weighted by molar-refractivity contribution is 0.615. The molecule has 1 fully saturated rings. The maximum atomic E-state index is 6.19. The van der Waals surface area contributed by atoms with Gasteiger partial charge in [-0.25, -0.2) is 0 Å². The van der Waals surface area contributed by atoms with Gasteiger partial charge in [0, 0.05) is 17.0 Å². The van der Waals surface area contributed by atoms with E-state index in [0.29, 0.717) is 6.04 Å². The molecule has 4 rings (SSSR count). The molecular formula is C22H23NO. The van der Waals surface area contributed by atoms with Crippen LogP contribution >= 0.6 is 0 Å². The Kier molecular flexibility index (Phi) is 4.20. The van der Waals surface area contributed by atoms with Crippen LogP contribution in [0, 0.1) is 0 Å². The van der Waals surface area contributed by atoms with Gasteiger partial charge in [-0.15, -0.1) is 0 Å². The maximum Gasteiger partial charge on any atom is 0.136 e. The lowest BCUT2D eigenvalue weighted by atomic mass is 10.1. The van der Waals surface area contributed by atoms with E-state index in [2.05, 4.69) is 43.3 Å². The van der Waals surface area contributed by atoms with Crippen LogP contribution in [0.4, 0.5) is 0 Å². The van der Waals surface area contributed by atoms with Gasteiger partial charge >= 0.3 is 0 Å². The van der Waals surface area contributed by atoms with Crippen molar-refractivity contribution in [2.45, 2.75) is 45.1 Å². The molecule has 1 aliphatic rings. The highest BCUT2D eigenvalue weighted by Crippen LogP contribution is 2.24. The number of rotatable bonds is 3. The van der Waals surface area contributed by atoms with Crippen molar-refractivity contribution >= 4 is 11.0 Å². The molecule has 2 heteroatoms. The van der Waals surface area contributed by atoms with E-state index in [4.69, 9.17) is 9.41 Å². The van der Waals surface area contributed by atoms with Crippen molar-refractivity contribution in [2.75, 3.05) is 0 Å². The van der Waals surface area contributed by atoms with Gasteiger partial charge in [0.05, 0.1) is 11.4 Å². The second-order valence-corrected chi connectivity index (χ2v) is 6.61. The molecule has 1 saturated carbocycles. The number of benzene rings is 2. The molecule has 3 aromatic rings. The third-order valence-corrected chi connectivity index (χ3v) is 4.92. The van der Waals surface area contributed by atoms with Crippen LogP contribution in [0.1, 0.15) is 38.2 Å². The Labute approximate surface area is 142 Å². The van der Waals surface area contributed by atoms with Crippen molar-refractivity contribution in [3.05, 3.63) is 65.5 Å². The predicted molar refractivity (Wildman–Crippen MR) is 98.8 cm³/mol. The highest BCUT2D eigenvalue weighted by atomic mass is 16.3. The minimum absolute atomic E-state index is 0.463. The third kappa shape index (κ3) is 3.01. The summed E-state index contributed by atoms with van der Waals surface area (Å²) in [5, 5.41) is 2.22. The number of aryl methyl sites for hydroxylation is 1. The maximum absolute atomic E-state index is 6.19. The van der Waals surface area contributed by atoms with E-state index in [1.807, 2.05) is 18.2 Å². The van der Waals surface area contributed by atoms with Crippen LogP contribution in [-0.4, -0.2) is 6.04 Å². The number of hydrogen-bond acceptors (Lipinski definition) is 2. The van der Waals surface area contributed by atoms with E-state index in [1.165, 1.54) is 31.2 Å². The first-order valence-corrected chi connectivity index (χ1v) is 8.99. The number of nitrogens with zero attached hydrogens (tertiary/aromatic N) is 1. The van der Waals surface area contributed by atoms with Crippen molar-refractivity contribution in [1.82, 2.24) is 0 Å². The zero-order valence-electron chi connectivity index (χ0n) is 14.2. The number of hydrogen-bond donors (Lipinski definition) is 0. The summed E-state index contributed by atoms with van der Waals surface area (Å²) in [4.78, 5) is 5.09. The van der Waals surface area contributed by atoms with E-state index in [-0.39, 0.29) is 0 Å². The lowest BCUT2D eigenvalue weighted by Gasteiger charge is -2.08. The Morgan fingerprint density at radius 3 is 2.54 bits per heavy atom. The summed E-state index contributed by atoms with van der Waals surface area (Å²) in [6.07, 6.45) is 6.05. The van der Waals surface area contributed by atoms with Crippen LogP contribution in [0.2, 0.25) is 0 Å². The monoisotopic (exact) mass is 317 g/mol. The molecule has 0 aliphatic heterocycles. The van der Waals surface area contributed by atoms with Crippen molar-refractivity contribution in [3.8, 4) is 11.3 Å². The molecule has 0 unspecified atom stereocenters. The highest BCUT2D eigenvalue weighted by Gasteiger charge is 2.14. The molecule has 24 heavy (non-hydrogen) atoms. The van der Waals surface area contributed by atoms with E-state index in [0.717, 1.165) is 34.1 Å². The molecule has 0 N–H and O–H groups in total. The zero-order chi connectivity index (χ0) is 16.4. The minimum atomic E-state index is 0.463. The summed E-state index contributed by atoms with van der Waals surface area (Å²) in [6.45, 7) is 2.18. The standard InChI is InChI=1S/C22H23NO/c1-2-16-12-13-21-19(14-16)20(23-18-10-6-7-11-18)15-22(24-21)17-8-4-3-5-9-17/h3-5,8-9,12-15,18H,2,6-7,10-11H2,1H3. The van der Waals surface area contributed by atoms with Gasteiger partial charge in [0.25, 0.3) is 0 Å². The molecule has 0 spiro atoms. The van der Waals surface area contributed by atoms with Crippen LogP contribution in [0.5, 0.6) is 0 Å². The summed E-state index contributed by atoms with van der Waals surface area (Å²) >= 11 is 0. The SMILES string of the molecule is CCc1ccc2oc(-c3ccccc3)cc(=NC3CCCC3)c2c1. The fourth-order valence-corrected chi connectivity index (χ4v) is 3.52. The van der Waals surface area contributed by atoms with Gasteiger partial charge in [-0.2, -0.15) is 0 Å². The van der Waals surface area contributed by atoms with Crippen LogP contribution in [0.15, 0.2) is 64.0 Å². The van der Waals surface area contributed by atoms with Gasteiger partial charge in [-0.3, -0.25) is 4.99 Å². The molecule has 0 radical (unpaired) electrons. The van der Waals surface area contributed by atoms with Crippen molar-refractivity contribution in [1.29, 1.82) is 0 Å². The average Bonchev–Trinajstić information content (AvgIpc) is 3.15. The van der Waals surface area contributed by atoms with Crippen molar-refractivity contribution < 1.29 is 4.42 Å². The summed E-state index contributed by atoms with van der Waals surface area (Å²) < 4.78 is 6.19. The normalized spacial score (nSPS) is 16.1. The van der Waals surface area contributed by atoms with E-state index in [1.54, 1.807) is 0 Å². The molecule has 1 aromatic heterocycles. The van der Waals surface area contributed by atoms with E-state index < -0.39 is 0 Å². The second kappa shape index (κ2) is 6.64. The Morgan fingerprint density at radius 2 is 1.79 bits per heavy atom. The topological polar surface area (TPSA) is 25.5 Å². The van der Waals surface area contributed by atoms with Crippen LogP contribution in [-0.2, 0) is 6.42 Å². The minimum Gasteiger partial charge on any atom is -0.456 e. The lowest BCUT2D eigenvalue weighted by Crippen LogP contribution is -2.10. The smallest absolute Gasteiger partial charge is 0.136 e. The molecular weight excluding hydrogens is 294 g/mol. The molecule has 0 amide bonds. The van der Waals surface area contributed by atoms with Gasteiger partial charge < -0.3 is 4.42 Å². The fourth-order valence-electron chi connectivity index (χ4n) is 3.52. The van der Waals surface area contributed by atoms with Crippen molar-refractivity contribution in [3.63, 3.8) is 0 Å². The molecule has 1 heterocycles. The summed E-state index contributed by atoms with van der Waals surface area (Å²) in [5.74, 6) is 0.893. The second-order valence-electron chi connectivity index (χ2n) is 6.61. The molecule has 2 nitrogen and oxygen atoms in total. The molecule has 0 bridgehead atoms. The zero-order valence-corrected chi connectivity index (χ0v) is 14.2. The molecule has 0 atom stereocenters. The quantitative estimate of drug-likeness (QED) is 0.625.